The molecule has 2 aliphatic rings. The lowest BCUT2D eigenvalue weighted by Gasteiger charge is -2.39. The number of piperazine rings is 1. The van der Waals surface area contributed by atoms with Gasteiger partial charge < -0.3 is 10.0 Å². The van der Waals surface area contributed by atoms with Gasteiger partial charge in [0.2, 0.25) is 0 Å². The smallest absolute Gasteiger partial charge is 0.154 e. The Bertz CT molecular complexity index is 597. The highest BCUT2D eigenvalue weighted by atomic mass is 35.5. The van der Waals surface area contributed by atoms with E-state index in [0.29, 0.717) is 0 Å². The van der Waals surface area contributed by atoms with Gasteiger partial charge in [-0.3, -0.25) is 4.90 Å². The van der Waals surface area contributed by atoms with Gasteiger partial charge in [-0.15, -0.1) is 0 Å². The topological polar surface area (TPSA) is 60.9 Å². The first-order chi connectivity index (χ1) is 9.94. The fourth-order valence-electron chi connectivity index (χ4n) is 3.12. The minimum Gasteiger partial charge on any atom is -0.390 e. The summed E-state index contributed by atoms with van der Waals surface area (Å²) in [6.45, 7) is 3.18. The molecule has 1 aromatic carbocycles. The fourth-order valence-corrected chi connectivity index (χ4v) is 5.08. The van der Waals surface area contributed by atoms with E-state index in [2.05, 4.69) is 9.80 Å². The van der Waals surface area contributed by atoms with Crippen LogP contribution < -0.4 is 4.90 Å². The van der Waals surface area contributed by atoms with Crippen LogP contribution in [-0.2, 0) is 9.84 Å². The maximum absolute atomic E-state index is 11.6. The molecule has 0 spiro atoms. The number of aliphatic hydroxyl groups is 1. The molecule has 5 nitrogen and oxygen atoms in total. The molecule has 0 unspecified atom stereocenters. The van der Waals surface area contributed by atoms with E-state index in [1.807, 2.05) is 24.3 Å². The lowest BCUT2D eigenvalue weighted by atomic mass is 10.1. The van der Waals surface area contributed by atoms with Crippen molar-refractivity contribution in [3.8, 4) is 0 Å². The van der Waals surface area contributed by atoms with Crippen LogP contribution in [0.2, 0.25) is 5.02 Å². The zero-order chi connectivity index (χ0) is 15.0. The summed E-state index contributed by atoms with van der Waals surface area (Å²) in [6, 6.07) is 7.48. The second-order valence-corrected chi connectivity index (χ2v) is 8.30. The number of nitrogens with zero attached hydrogens (tertiary/aromatic N) is 2. The molecule has 1 aromatic rings. The second kappa shape index (κ2) is 5.76. The maximum atomic E-state index is 11.6. The van der Waals surface area contributed by atoms with Crippen molar-refractivity contribution in [2.75, 3.05) is 42.6 Å². The van der Waals surface area contributed by atoms with E-state index in [1.54, 1.807) is 0 Å². The van der Waals surface area contributed by atoms with E-state index in [1.165, 1.54) is 0 Å². The van der Waals surface area contributed by atoms with Gasteiger partial charge in [-0.1, -0.05) is 11.6 Å². The lowest BCUT2D eigenvalue weighted by Crippen LogP contribution is -2.53. The third-order valence-electron chi connectivity index (χ3n) is 4.27. The number of anilines is 1. The summed E-state index contributed by atoms with van der Waals surface area (Å²) < 4.78 is 23.2. The van der Waals surface area contributed by atoms with E-state index in [-0.39, 0.29) is 17.5 Å². The Morgan fingerprint density at radius 1 is 1.05 bits per heavy atom. The second-order valence-electron chi connectivity index (χ2n) is 5.71. The van der Waals surface area contributed by atoms with Gasteiger partial charge in [0, 0.05) is 36.9 Å². The first-order valence-electron chi connectivity index (χ1n) is 7.08. The number of halogens is 1. The molecule has 21 heavy (non-hydrogen) atoms. The number of hydrogen-bond donors (Lipinski definition) is 1. The summed E-state index contributed by atoms with van der Waals surface area (Å²) in [6.07, 6.45) is -0.753. The highest BCUT2D eigenvalue weighted by molar-refractivity contribution is 7.91. The number of aliphatic hydroxyl groups excluding tert-OH is 1. The van der Waals surface area contributed by atoms with Crippen LogP contribution in [-0.4, -0.2) is 68.3 Å². The standard InChI is InChI=1S/C14H19ClN2O3S/c15-11-1-3-12(4-2-11)16-5-7-17(8-6-16)13-9-21(19,20)10-14(13)18/h1-4,13-14,18H,5-10H2/t13-,14-/m0/s1. The molecular formula is C14H19ClN2O3S. The average molecular weight is 331 g/mol. The summed E-state index contributed by atoms with van der Waals surface area (Å²) in [5, 5.41) is 10.7. The summed E-state index contributed by atoms with van der Waals surface area (Å²) in [5.74, 6) is -0.0236. The molecule has 0 bridgehead atoms. The quantitative estimate of drug-likeness (QED) is 0.861. The number of hydrogen-bond acceptors (Lipinski definition) is 5. The van der Waals surface area contributed by atoms with Crippen molar-refractivity contribution in [2.24, 2.45) is 0 Å². The lowest BCUT2D eigenvalue weighted by molar-refractivity contribution is 0.0793. The van der Waals surface area contributed by atoms with E-state index in [0.717, 1.165) is 36.9 Å². The Kier molecular flexibility index (Phi) is 4.14. The fraction of sp³-hybridized carbons (Fsp3) is 0.571. The summed E-state index contributed by atoms with van der Waals surface area (Å²) in [4.78, 5) is 4.35. The van der Waals surface area contributed by atoms with Gasteiger partial charge >= 0.3 is 0 Å². The molecule has 0 radical (unpaired) electrons. The Labute approximate surface area is 130 Å². The largest absolute Gasteiger partial charge is 0.390 e. The first-order valence-corrected chi connectivity index (χ1v) is 9.28. The van der Waals surface area contributed by atoms with Gasteiger partial charge in [-0.25, -0.2) is 8.42 Å². The van der Waals surface area contributed by atoms with Crippen LogP contribution in [0.5, 0.6) is 0 Å². The molecule has 0 aliphatic carbocycles. The molecule has 2 heterocycles. The predicted octanol–water partition coefficient (Wildman–Crippen LogP) is 0.620. The van der Waals surface area contributed by atoms with Crippen LogP contribution in [0.1, 0.15) is 0 Å². The molecule has 1 N–H and O–H groups in total. The van der Waals surface area contributed by atoms with Crippen molar-refractivity contribution in [3.63, 3.8) is 0 Å². The molecule has 3 rings (SSSR count). The van der Waals surface area contributed by atoms with E-state index < -0.39 is 15.9 Å². The zero-order valence-corrected chi connectivity index (χ0v) is 13.2. The van der Waals surface area contributed by atoms with Crippen molar-refractivity contribution in [2.45, 2.75) is 12.1 Å². The average Bonchev–Trinajstić information content (AvgIpc) is 2.73. The van der Waals surface area contributed by atoms with Crippen LogP contribution in [0.4, 0.5) is 5.69 Å². The van der Waals surface area contributed by atoms with Gasteiger partial charge in [-0.2, -0.15) is 0 Å². The molecular weight excluding hydrogens is 312 g/mol. The van der Waals surface area contributed by atoms with Crippen molar-refractivity contribution < 1.29 is 13.5 Å². The SMILES string of the molecule is O=S1(=O)C[C@H](O)[C@@H](N2CCN(c3ccc(Cl)cc3)CC2)C1. The Morgan fingerprint density at radius 2 is 1.67 bits per heavy atom. The molecule has 0 aromatic heterocycles. The van der Waals surface area contributed by atoms with Crippen LogP contribution in [0, 0.1) is 0 Å². The Hall–Kier alpha value is -0.820. The minimum absolute atomic E-state index is 0.0785. The molecule has 2 fully saturated rings. The monoisotopic (exact) mass is 330 g/mol. The van der Waals surface area contributed by atoms with Crippen LogP contribution in [0.3, 0.4) is 0 Å². The zero-order valence-electron chi connectivity index (χ0n) is 11.7. The van der Waals surface area contributed by atoms with Gasteiger partial charge in [0.1, 0.15) is 0 Å². The molecule has 2 atom stereocenters. The third kappa shape index (κ3) is 3.34. The highest BCUT2D eigenvalue weighted by Gasteiger charge is 2.40. The number of rotatable bonds is 2. The predicted molar refractivity (Wildman–Crippen MR) is 83.7 cm³/mol. The molecule has 7 heteroatoms. The van der Waals surface area contributed by atoms with Gasteiger partial charge in [0.05, 0.1) is 23.7 Å². The van der Waals surface area contributed by atoms with Crippen LogP contribution in [0.15, 0.2) is 24.3 Å². The summed E-state index contributed by atoms with van der Waals surface area (Å²) >= 11 is 5.89. The minimum atomic E-state index is -3.08. The Balaban J connectivity index is 1.62. The van der Waals surface area contributed by atoms with Crippen molar-refractivity contribution >= 4 is 27.1 Å². The summed E-state index contributed by atoms with van der Waals surface area (Å²) in [5.41, 5.74) is 1.12. The van der Waals surface area contributed by atoms with Gasteiger partial charge in [0.15, 0.2) is 9.84 Å². The Morgan fingerprint density at radius 3 is 2.19 bits per heavy atom. The molecule has 0 saturated carbocycles. The normalized spacial score (nSPS) is 29.7. The van der Waals surface area contributed by atoms with Crippen LogP contribution in [0.25, 0.3) is 0 Å². The maximum Gasteiger partial charge on any atom is 0.154 e. The first kappa shape index (κ1) is 15.1. The van der Waals surface area contributed by atoms with E-state index >= 15 is 0 Å². The molecule has 2 aliphatic heterocycles. The van der Waals surface area contributed by atoms with E-state index in [9.17, 15) is 13.5 Å². The van der Waals surface area contributed by atoms with Crippen molar-refractivity contribution in [1.29, 1.82) is 0 Å². The van der Waals surface area contributed by atoms with Gasteiger partial charge in [0.25, 0.3) is 0 Å². The summed E-state index contributed by atoms with van der Waals surface area (Å²) in [7, 11) is -3.08. The van der Waals surface area contributed by atoms with Crippen molar-refractivity contribution in [1.82, 2.24) is 4.90 Å². The molecule has 2 saturated heterocycles. The number of benzene rings is 1. The van der Waals surface area contributed by atoms with Crippen molar-refractivity contribution in [3.05, 3.63) is 29.3 Å². The molecule has 0 amide bonds. The molecule has 116 valence electrons. The van der Waals surface area contributed by atoms with Crippen LogP contribution >= 0.6 is 11.6 Å². The van der Waals surface area contributed by atoms with E-state index in [4.69, 9.17) is 11.6 Å². The highest BCUT2D eigenvalue weighted by Crippen LogP contribution is 2.23. The number of sulfone groups is 1. The third-order valence-corrected chi connectivity index (χ3v) is 6.22. The van der Waals surface area contributed by atoms with Gasteiger partial charge in [-0.05, 0) is 24.3 Å².